The molecule has 1 nitrogen and oxygen atoms in total. The van der Waals surface area contributed by atoms with Crippen molar-refractivity contribution in [3.63, 3.8) is 0 Å². The first-order valence-electron chi connectivity index (χ1n) is 6.03. The summed E-state index contributed by atoms with van der Waals surface area (Å²) in [4.78, 5) is 0. The smallest absolute Gasteiger partial charge is 0.0490 e. The molecule has 0 radical (unpaired) electrons. The minimum atomic E-state index is 0.0395. The third kappa shape index (κ3) is 1.12. The van der Waals surface area contributed by atoms with Crippen LogP contribution in [0.15, 0.2) is 36.4 Å². The van der Waals surface area contributed by atoms with Gasteiger partial charge in [0.2, 0.25) is 0 Å². The fraction of sp³-hybridized carbons (Fsp3) is 0.125. The zero-order chi connectivity index (χ0) is 11.4. The molecule has 0 bridgehead atoms. The van der Waals surface area contributed by atoms with Crippen LogP contribution in [0.2, 0.25) is 0 Å². The summed E-state index contributed by atoms with van der Waals surface area (Å²) in [5.41, 5.74) is 11.5. The Morgan fingerprint density at radius 1 is 0.941 bits per heavy atom. The standard InChI is InChI=1S/C16H13N/c17-14-9-7-12-5-4-10-2-1-3-11-6-8-13(14)16(12)15(10)11/h1-2,4-9,14H,3,17H2. The van der Waals surface area contributed by atoms with Gasteiger partial charge in [-0.3, -0.25) is 0 Å². The van der Waals surface area contributed by atoms with Crippen LogP contribution >= 0.6 is 0 Å². The molecule has 82 valence electrons. The second kappa shape index (κ2) is 3.08. The average Bonchev–Trinajstić information content (AvgIpc) is 2.38. The van der Waals surface area contributed by atoms with E-state index in [9.17, 15) is 0 Å². The highest BCUT2D eigenvalue weighted by Gasteiger charge is 2.18. The van der Waals surface area contributed by atoms with Gasteiger partial charge in [-0.05, 0) is 39.4 Å². The van der Waals surface area contributed by atoms with Gasteiger partial charge in [-0.2, -0.15) is 0 Å². The van der Waals surface area contributed by atoms with Gasteiger partial charge in [-0.15, -0.1) is 0 Å². The monoisotopic (exact) mass is 219 g/mol. The Hall–Kier alpha value is -1.86. The highest BCUT2D eigenvalue weighted by Crippen LogP contribution is 2.38. The number of benzene rings is 2. The number of hydrogen-bond donors (Lipinski definition) is 1. The van der Waals surface area contributed by atoms with Crippen molar-refractivity contribution >= 4 is 22.9 Å². The number of hydrogen-bond acceptors (Lipinski definition) is 1. The second-order valence-corrected chi connectivity index (χ2v) is 4.80. The van der Waals surface area contributed by atoms with Gasteiger partial charge in [-0.1, -0.05) is 48.6 Å². The highest BCUT2D eigenvalue weighted by molar-refractivity contribution is 6.03. The molecule has 4 rings (SSSR count). The summed E-state index contributed by atoms with van der Waals surface area (Å²) in [5, 5.41) is 2.77. The van der Waals surface area contributed by atoms with Gasteiger partial charge in [0.15, 0.2) is 0 Å². The summed E-state index contributed by atoms with van der Waals surface area (Å²) in [6.45, 7) is 0. The van der Waals surface area contributed by atoms with Crippen LogP contribution in [0, 0.1) is 0 Å². The Morgan fingerprint density at radius 2 is 1.76 bits per heavy atom. The molecule has 1 heteroatoms. The maximum absolute atomic E-state index is 6.16. The normalized spacial score (nSPS) is 19.9. The summed E-state index contributed by atoms with van der Waals surface area (Å²) in [6, 6.07) is 8.87. The zero-order valence-corrected chi connectivity index (χ0v) is 9.48. The topological polar surface area (TPSA) is 26.0 Å². The van der Waals surface area contributed by atoms with Crippen LogP contribution in [-0.4, -0.2) is 0 Å². The Bertz CT molecular complexity index is 692. The van der Waals surface area contributed by atoms with Crippen LogP contribution in [0.4, 0.5) is 0 Å². The fourth-order valence-corrected chi connectivity index (χ4v) is 3.00. The predicted molar refractivity (Wildman–Crippen MR) is 72.6 cm³/mol. The molecule has 2 N–H and O–H groups in total. The second-order valence-electron chi connectivity index (χ2n) is 4.80. The van der Waals surface area contributed by atoms with Crippen molar-refractivity contribution in [1.29, 1.82) is 0 Å². The first-order valence-corrected chi connectivity index (χ1v) is 6.03. The van der Waals surface area contributed by atoms with Crippen molar-refractivity contribution in [2.75, 3.05) is 0 Å². The first kappa shape index (κ1) is 9.20. The summed E-state index contributed by atoms with van der Waals surface area (Å²) in [5.74, 6) is 0. The summed E-state index contributed by atoms with van der Waals surface area (Å²) in [7, 11) is 0. The summed E-state index contributed by atoms with van der Waals surface area (Å²) < 4.78 is 0. The lowest BCUT2D eigenvalue weighted by atomic mass is 9.84. The third-order valence-corrected chi connectivity index (χ3v) is 3.82. The lowest BCUT2D eigenvalue weighted by Crippen LogP contribution is -2.11. The summed E-state index contributed by atoms with van der Waals surface area (Å²) >= 11 is 0. The molecule has 2 aromatic rings. The van der Waals surface area contributed by atoms with Gasteiger partial charge in [0.1, 0.15) is 0 Å². The van der Waals surface area contributed by atoms with Crippen LogP contribution < -0.4 is 5.73 Å². The molecule has 17 heavy (non-hydrogen) atoms. The molecular weight excluding hydrogens is 206 g/mol. The van der Waals surface area contributed by atoms with Gasteiger partial charge in [0, 0.05) is 6.04 Å². The van der Waals surface area contributed by atoms with Crippen molar-refractivity contribution in [2.24, 2.45) is 5.73 Å². The molecule has 1 atom stereocenters. The fourth-order valence-electron chi connectivity index (χ4n) is 3.00. The zero-order valence-electron chi connectivity index (χ0n) is 9.48. The van der Waals surface area contributed by atoms with Gasteiger partial charge < -0.3 is 5.73 Å². The van der Waals surface area contributed by atoms with E-state index < -0.39 is 0 Å². The average molecular weight is 219 g/mol. The largest absolute Gasteiger partial charge is 0.321 e. The molecule has 2 aliphatic carbocycles. The quantitative estimate of drug-likeness (QED) is 0.721. The third-order valence-electron chi connectivity index (χ3n) is 3.82. The van der Waals surface area contributed by atoms with Crippen LogP contribution in [0.25, 0.3) is 22.9 Å². The minimum Gasteiger partial charge on any atom is -0.321 e. The number of nitrogens with two attached hydrogens (primary N) is 1. The van der Waals surface area contributed by atoms with E-state index in [1.165, 1.54) is 33.0 Å². The van der Waals surface area contributed by atoms with E-state index in [1.807, 2.05) is 0 Å². The molecule has 0 aliphatic heterocycles. The number of rotatable bonds is 0. The molecule has 2 aliphatic rings. The maximum atomic E-state index is 6.16. The van der Waals surface area contributed by atoms with Gasteiger partial charge in [0.25, 0.3) is 0 Å². The van der Waals surface area contributed by atoms with Crippen LogP contribution in [0.1, 0.15) is 28.3 Å². The molecule has 0 spiro atoms. The molecule has 0 saturated heterocycles. The molecule has 0 fully saturated rings. The van der Waals surface area contributed by atoms with Crippen molar-refractivity contribution in [3.05, 3.63) is 58.7 Å². The molecule has 1 unspecified atom stereocenters. The molecule has 0 aromatic heterocycles. The molecule has 0 heterocycles. The van der Waals surface area contributed by atoms with Gasteiger partial charge >= 0.3 is 0 Å². The summed E-state index contributed by atoms with van der Waals surface area (Å²) in [6.07, 6.45) is 9.72. The van der Waals surface area contributed by atoms with E-state index in [4.69, 9.17) is 5.73 Å². The van der Waals surface area contributed by atoms with Crippen molar-refractivity contribution in [2.45, 2.75) is 12.5 Å². The lowest BCUT2D eigenvalue weighted by Gasteiger charge is -2.22. The Kier molecular flexibility index (Phi) is 1.67. The van der Waals surface area contributed by atoms with E-state index in [0.29, 0.717) is 0 Å². The van der Waals surface area contributed by atoms with E-state index in [0.717, 1.165) is 6.42 Å². The van der Waals surface area contributed by atoms with Gasteiger partial charge in [-0.25, -0.2) is 0 Å². The van der Waals surface area contributed by atoms with Crippen LogP contribution in [-0.2, 0) is 6.42 Å². The minimum absolute atomic E-state index is 0.0395. The van der Waals surface area contributed by atoms with E-state index in [-0.39, 0.29) is 6.04 Å². The van der Waals surface area contributed by atoms with E-state index >= 15 is 0 Å². The molecule has 0 saturated carbocycles. The molecular formula is C16H13N. The maximum Gasteiger partial charge on any atom is 0.0490 e. The Labute approximate surface area is 100 Å². The van der Waals surface area contributed by atoms with Crippen molar-refractivity contribution < 1.29 is 0 Å². The Morgan fingerprint density at radius 3 is 2.65 bits per heavy atom. The van der Waals surface area contributed by atoms with Crippen molar-refractivity contribution in [3.8, 4) is 0 Å². The SMILES string of the molecule is NC1C=Cc2ccc3c4c(ccc1c24)CC=C3. The Balaban J connectivity index is 2.26. The van der Waals surface area contributed by atoms with E-state index in [2.05, 4.69) is 48.6 Å². The highest BCUT2D eigenvalue weighted by atomic mass is 14.6. The van der Waals surface area contributed by atoms with Crippen LogP contribution in [0.5, 0.6) is 0 Å². The number of allylic oxidation sites excluding steroid dienone is 1. The molecule has 0 amide bonds. The van der Waals surface area contributed by atoms with Crippen molar-refractivity contribution in [1.82, 2.24) is 0 Å². The van der Waals surface area contributed by atoms with Crippen LogP contribution in [0.3, 0.4) is 0 Å². The van der Waals surface area contributed by atoms with Gasteiger partial charge in [0.05, 0.1) is 0 Å². The predicted octanol–water partition coefficient (Wildman–Crippen LogP) is 3.44. The first-order chi connectivity index (χ1) is 8.34. The van der Waals surface area contributed by atoms with E-state index in [1.54, 1.807) is 0 Å². The lowest BCUT2D eigenvalue weighted by molar-refractivity contribution is 0.920. The molecule has 2 aromatic carbocycles.